The second kappa shape index (κ2) is 7.58. The van der Waals surface area contributed by atoms with Crippen molar-refractivity contribution in [3.05, 3.63) is 41.2 Å². The Morgan fingerprint density at radius 1 is 1.26 bits per heavy atom. The molecular weight excluding hydrogens is 292 g/mol. The third-order valence-corrected chi connectivity index (χ3v) is 3.90. The molecule has 0 unspecified atom stereocenters. The molecule has 1 N–H and O–H groups in total. The predicted octanol–water partition coefficient (Wildman–Crippen LogP) is 3.27. The van der Waals surface area contributed by atoms with Crippen molar-refractivity contribution in [3.8, 4) is 0 Å². The Morgan fingerprint density at radius 2 is 1.91 bits per heavy atom. The first kappa shape index (κ1) is 19.1. The largest absolute Gasteiger partial charge is 0.462 e. The van der Waals surface area contributed by atoms with Gasteiger partial charge in [-0.05, 0) is 43.4 Å². The fraction of sp³-hybridized carbons (Fsp3) is 0.526. The fourth-order valence-electron chi connectivity index (χ4n) is 3.17. The first-order valence-corrected chi connectivity index (χ1v) is 7.74. The molecule has 0 saturated heterocycles. The van der Waals surface area contributed by atoms with E-state index >= 15 is 0 Å². The maximum Gasteiger partial charge on any atom is 0.302 e. The average molecular weight is 318 g/mol. The molecule has 0 radical (unpaired) electrons. The van der Waals surface area contributed by atoms with Crippen molar-refractivity contribution in [2.24, 2.45) is 5.41 Å². The maximum atomic E-state index is 11.2. The molecule has 1 saturated carbocycles. The van der Waals surface area contributed by atoms with Crippen LogP contribution in [0, 0.1) is 5.41 Å². The highest BCUT2D eigenvalue weighted by Crippen LogP contribution is 2.46. The van der Waals surface area contributed by atoms with E-state index in [0.717, 1.165) is 17.4 Å². The lowest BCUT2D eigenvalue weighted by molar-refractivity contribution is -0.152. The number of hydrogen-bond acceptors (Lipinski definition) is 4. The summed E-state index contributed by atoms with van der Waals surface area (Å²) in [6.45, 7) is 9.03. The third-order valence-electron chi connectivity index (χ3n) is 3.90. The van der Waals surface area contributed by atoms with Crippen LogP contribution in [0.1, 0.15) is 47.5 Å². The van der Waals surface area contributed by atoms with Crippen LogP contribution >= 0.6 is 0 Å². The fourth-order valence-corrected chi connectivity index (χ4v) is 3.17. The Bertz CT molecular complexity index is 564. The lowest BCUT2D eigenvalue weighted by Crippen LogP contribution is -2.46. The number of carbonyl (C=O) groups is 2. The van der Waals surface area contributed by atoms with E-state index in [1.54, 1.807) is 25.2 Å². The third kappa shape index (κ3) is 5.66. The van der Waals surface area contributed by atoms with Crippen molar-refractivity contribution in [2.75, 3.05) is 0 Å². The van der Waals surface area contributed by atoms with Crippen LogP contribution in [0.4, 0.5) is 0 Å². The summed E-state index contributed by atoms with van der Waals surface area (Å²) in [5.41, 5.74) is 3.50. The minimum Gasteiger partial charge on any atom is -0.462 e. The standard InChI is InChI=1S/C19H26O4/c1-14(8-6-7-11-20)9-10-17-18(3,4)12-16(23-15(2)21)13-19(17,5)22/h6-9,11,16,22H,12-13H2,1-5H3/b7-6+,14-8-/t10?,16-,19+/m0/s1. The summed E-state index contributed by atoms with van der Waals surface area (Å²) in [4.78, 5) is 21.4. The van der Waals surface area contributed by atoms with Crippen molar-refractivity contribution in [1.82, 2.24) is 0 Å². The molecule has 1 rings (SSSR count). The Morgan fingerprint density at radius 3 is 2.43 bits per heavy atom. The minimum atomic E-state index is -1.09. The van der Waals surface area contributed by atoms with Gasteiger partial charge in [-0.25, -0.2) is 0 Å². The molecule has 2 atom stereocenters. The average Bonchev–Trinajstić information content (AvgIpc) is 2.35. The summed E-state index contributed by atoms with van der Waals surface area (Å²) in [5.74, 6) is -0.328. The number of ether oxygens (including phenoxy) is 1. The zero-order valence-electron chi connectivity index (χ0n) is 14.6. The van der Waals surface area contributed by atoms with Crippen LogP contribution in [-0.4, -0.2) is 29.1 Å². The van der Waals surface area contributed by atoms with Gasteiger partial charge >= 0.3 is 5.97 Å². The predicted molar refractivity (Wildman–Crippen MR) is 89.7 cm³/mol. The smallest absolute Gasteiger partial charge is 0.302 e. The molecule has 0 amide bonds. The molecule has 23 heavy (non-hydrogen) atoms. The quantitative estimate of drug-likeness (QED) is 0.284. The minimum absolute atomic E-state index is 0.296. The molecule has 1 fully saturated rings. The molecule has 4 heteroatoms. The van der Waals surface area contributed by atoms with Gasteiger partial charge in [0.05, 0.1) is 5.60 Å². The van der Waals surface area contributed by atoms with E-state index in [0.29, 0.717) is 12.8 Å². The van der Waals surface area contributed by atoms with Gasteiger partial charge in [0.15, 0.2) is 0 Å². The summed E-state index contributed by atoms with van der Waals surface area (Å²) in [6, 6.07) is 0. The summed E-state index contributed by atoms with van der Waals surface area (Å²) in [5, 5.41) is 10.8. The van der Waals surface area contributed by atoms with Crippen LogP contribution in [0.3, 0.4) is 0 Å². The van der Waals surface area contributed by atoms with Crippen molar-refractivity contribution in [1.29, 1.82) is 0 Å². The first-order valence-electron chi connectivity index (χ1n) is 7.74. The number of aldehydes is 1. The molecule has 126 valence electrons. The van der Waals surface area contributed by atoms with Gasteiger partial charge in [-0.1, -0.05) is 26.0 Å². The Kier molecular flexibility index (Phi) is 6.31. The summed E-state index contributed by atoms with van der Waals surface area (Å²) >= 11 is 0. The molecular formula is C19H26O4. The van der Waals surface area contributed by atoms with Crippen LogP contribution in [0.25, 0.3) is 0 Å². The molecule has 0 aromatic carbocycles. The Labute approximate surface area is 138 Å². The molecule has 0 aromatic rings. The van der Waals surface area contributed by atoms with E-state index in [9.17, 15) is 14.7 Å². The molecule has 1 aliphatic rings. The first-order chi connectivity index (χ1) is 10.6. The molecule has 0 bridgehead atoms. The van der Waals surface area contributed by atoms with Gasteiger partial charge in [0, 0.05) is 18.9 Å². The lowest BCUT2D eigenvalue weighted by Gasteiger charge is -2.44. The summed E-state index contributed by atoms with van der Waals surface area (Å²) < 4.78 is 5.30. The van der Waals surface area contributed by atoms with E-state index in [-0.39, 0.29) is 17.5 Å². The highest BCUT2D eigenvalue weighted by molar-refractivity contribution is 5.66. The van der Waals surface area contributed by atoms with Crippen LogP contribution < -0.4 is 0 Å². The molecule has 0 aliphatic heterocycles. The second-order valence-electron chi connectivity index (χ2n) is 6.89. The van der Waals surface area contributed by atoms with E-state index in [1.807, 2.05) is 20.8 Å². The molecule has 0 spiro atoms. The van der Waals surface area contributed by atoms with Crippen LogP contribution in [0.2, 0.25) is 0 Å². The van der Waals surface area contributed by atoms with Gasteiger partial charge < -0.3 is 9.84 Å². The zero-order chi connectivity index (χ0) is 17.7. The lowest BCUT2D eigenvalue weighted by atomic mass is 9.65. The van der Waals surface area contributed by atoms with Gasteiger partial charge in [0.2, 0.25) is 0 Å². The van der Waals surface area contributed by atoms with Gasteiger partial charge in [-0.2, -0.15) is 0 Å². The van der Waals surface area contributed by atoms with E-state index in [2.05, 4.69) is 5.73 Å². The maximum absolute atomic E-state index is 11.2. The normalized spacial score (nSPS) is 27.5. The van der Waals surface area contributed by atoms with Gasteiger partial charge in [-0.3, -0.25) is 9.59 Å². The van der Waals surface area contributed by atoms with Crippen LogP contribution in [-0.2, 0) is 14.3 Å². The number of allylic oxidation sites excluding steroid dienone is 4. The van der Waals surface area contributed by atoms with Gasteiger partial charge in [-0.15, -0.1) is 5.73 Å². The van der Waals surface area contributed by atoms with Crippen LogP contribution in [0.5, 0.6) is 0 Å². The zero-order valence-corrected chi connectivity index (χ0v) is 14.6. The Hall–Kier alpha value is -1.90. The van der Waals surface area contributed by atoms with E-state index in [4.69, 9.17) is 4.74 Å². The highest BCUT2D eigenvalue weighted by atomic mass is 16.5. The van der Waals surface area contributed by atoms with Crippen molar-refractivity contribution >= 4 is 12.3 Å². The van der Waals surface area contributed by atoms with E-state index < -0.39 is 5.60 Å². The number of aliphatic hydroxyl groups is 1. The van der Waals surface area contributed by atoms with E-state index in [1.165, 1.54) is 13.0 Å². The van der Waals surface area contributed by atoms with Gasteiger partial charge in [0.25, 0.3) is 0 Å². The number of carbonyl (C=O) groups excluding carboxylic acids is 2. The van der Waals surface area contributed by atoms with Crippen molar-refractivity contribution in [3.63, 3.8) is 0 Å². The molecule has 1 aliphatic carbocycles. The monoisotopic (exact) mass is 318 g/mol. The summed E-state index contributed by atoms with van der Waals surface area (Å²) in [7, 11) is 0. The highest BCUT2D eigenvalue weighted by Gasteiger charge is 2.46. The van der Waals surface area contributed by atoms with Gasteiger partial charge in [0.1, 0.15) is 12.4 Å². The second-order valence-corrected chi connectivity index (χ2v) is 6.89. The SMILES string of the molecule is CC(=O)O[C@H]1CC(C)(C)C(=C=C/C(C)=C\C=C\C=O)[C@](C)(O)C1. The Balaban J connectivity index is 3.12. The number of esters is 1. The molecule has 0 aromatic heterocycles. The topological polar surface area (TPSA) is 63.6 Å². The van der Waals surface area contributed by atoms with Crippen LogP contribution in [0.15, 0.2) is 41.2 Å². The molecule has 0 heterocycles. The number of rotatable bonds is 4. The molecule has 4 nitrogen and oxygen atoms in total. The number of hydrogen-bond donors (Lipinski definition) is 1. The van der Waals surface area contributed by atoms with Crippen molar-refractivity contribution < 1.29 is 19.4 Å². The van der Waals surface area contributed by atoms with Crippen molar-refractivity contribution in [2.45, 2.75) is 59.2 Å². The summed E-state index contributed by atoms with van der Waals surface area (Å²) in [6.07, 6.45) is 8.10.